The second-order valence-electron chi connectivity index (χ2n) is 5.49. The first-order valence-electron chi connectivity index (χ1n) is 7.77. The zero-order valence-electron chi connectivity index (χ0n) is 14.1. The van der Waals surface area contributed by atoms with E-state index in [9.17, 15) is 4.79 Å². The number of methoxy groups -OCH3 is 1. The predicted molar refractivity (Wildman–Crippen MR) is 95.0 cm³/mol. The lowest BCUT2D eigenvalue weighted by Gasteiger charge is -2.04. The Morgan fingerprint density at radius 1 is 1.27 bits per heavy atom. The lowest BCUT2D eigenvalue weighted by molar-refractivity contribution is 0.0946. The van der Waals surface area contributed by atoms with Crippen molar-refractivity contribution in [3.05, 3.63) is 47.2 Å². The number of aromatic nitrogens is 6. The third-order valence-electron chi connectivity index (χ3n) is 3.74. The molecular formula is C16H15N7O2S. The number of aryl methyl sites for hydroxylation is 1. The van der Waals surface area contributed by atoms with E-state index in [0.717, 1.165) is 10.6 Å². The number of ether oxygens (including phenoxy) is 1. The van der Waals surface area contributed by atoms with Crippen LogP contribution in [0.15, 0.2) is 35.8 Å². The average molecular weight is 369 g/mol. The number of carbonyl (C=O) groups excluding carboxylic acids is 1. The molecule has 0 unspecified atom stereocenters. The van der Waals surface area contributed by atoms with E-state index >= 15 is 0 Å². The summed E-state index contributed by atoms with van der Waals surface area (Å²) in [5, 5.41) is 21.7. The first-order chi connectivity index (χ1) is 12.7. The highest BCUT2D eigenvalue weighted by Crippen LogP contribution is 2.22. The van der Waals surface area contributed by atoms with Crippen LogP contribution in [0.4, 0.5) is 0 Å². The van der Waals surface area contributed by atoms with Crippen molar-refractivity contribution in [1.82, 2.24) is 34.9 Å². The van der Waals surface area contributed by atoms with Crippen molar-refractivity contribution in [2.45, 2.75) is 6.54 Å². The number of fused-ring (bicyclic) bond motifs is 1. The molecule has 0 bridgehead atoms. The molecule has 9 nitrogen and oxygen atoms in total. The Balaban J connectivity index is 1.57. The van der Waals surface area contributed by atoms with Crippen LogP contribution in [0, 0.1) is 0 Å². The summed E-state index contributed by atoms with van der Waals surface area (Å²) in [5.74, 6) is 0.505. The van der Waals surface area contributed by atoms with Gasteiger partial charge in [-0.2, -0.15) is 9.61 Å². The van der Waals surface area contributed by atoms with Gasteiger partial charge in [-0.15, -0.1) is 26.6 Å². The zero-order valence-corrected chi connectivity index (χ0v) is 14.9. The van der Waals surface area contributed by atoms with Gasteiger partial charge in [-0.25, -0.2) is 0 Å². The highest BCUT2D eigenvalue weighted by Gasteiger charge is 2.17. The molecular weight excluding hydrogens is 354 g/mol. The van der Waals surface area contributed by atoms with Crippen LogP contribution in [-0.4, -0.2) is 42.6 Å². The Kier molecular flexibility index (Phi) is 4.09. The van der Waals surface area contributed by atoms with E-state index < -0.39 is 0 Å². The van der Waals surface area contributed by atoms with E-state index in [0.29, 0.717) is 17.0 Å². The summed E-state index contributed by atoms with van der Waals surface area (Å²) in [6.07, 6.45) is 1.60. The van der Waals surface area contributed by atoms with E-state index in [2.05, 4.69) is 25.7 Å². The molecule has 0 fully saturated rings. The smallest absolute Gasteiger partial charge is 0.258 e. The van der Waals surface area contributed by atoms with Crippen LogP contribution in [0.25, 0.3) is 16.2 Å². The van der Waals surface area contributed by atoms with Gasteiger partial charge in [-0.3, -0.25) is 9.48 Å². The van der Waals surface area contributed by atoms with Gasteiger partial charge in [0.05, 0.1) is 18.5 Å². The molecule has 0 spiro atoms. The van der Waals surface area contributed by atoms with Crippen molar-refractivity contribution < 1.29 is 9.53 Å². The number of carbonyl (C=O) groups is 1. The van der Waals surface area contributed by atoms with Gasteiger partial charge in [0.15, 0.2) is 11.5 Å². The molecule has 0 aliphatic carbocycles. The lowest BCUT2D eigenvalue weighted by atomic mass is 10.3. The van der Waals surface area contributed by atoms with E-state index in [1.165, 1.54) is 11.8 Å². The standard InChI is InChI=1S/C16H15N7O2S/c1-22-9-10(16(21-22)25-2)15(24)17-8-14-19-18-13-6-5-11(20-23(13)14)12-4-3-7-26-12/h3-7,9H,8H2,1-2H3,(H,17,24). The fraction of sp³-hybridized carbons (Fsp3) is 0.188. The van der Waals surface area contributed by atoms with Crippen molar-refractivity contribution in [3.63, 3.8) is 0 Å². The van der Waals surface area contributed by atoms with Crippen LogP contribution < -0.4 is 10.1 Å². The van der Waals surface area contributed by atoms with Crippen LogP contribution >= 0.6 is 11.3 Å². The fourth-order valence-electron chi connectivity index (χ4n) is 2.53. The largest absolute Gasteiger partial charge is 0.479 e. The SMILES string of the molecule is COc1nn(C)cc1C(=O)NCc1nnc2ccc(-c3cccs3)nn12. The average Bonchev–Trinajstić information content (AvgIpc) is 3.38. The number of hydrogen-bond acceptors (Lipinski definition) is 7. The molecule has 4 aromatic rings. The maximum atomic E-state index is 12.4. The van der Waals surface area contributed by atoms with Gasteiger partial charge in [0.25, 0.3) is 5.91 Å². The molecule has 4 heterocycles. The molecule has 10 heteroatoms. The highest BCUT2D eigenvalue weighted by atomic mass is 32.1. The summed E-state index contributed by atoms with van der Waals surface area (Å²) in [4.78, 5) is 13.5. The van der Waals surface area contributed by atoms with E-state index in [4.69, 9.17) is 4.74 Å². The molecule has 1 amide bonds. The first kappa shape index (κ1) is 16.2. The van der Waals surface area contributed by atoms with E-state index in [-0.39, 0.29) is 18.3 Å². The summed E-state index contributed by atoms with van der Waals surface area (Å²) in [5.41, 5.74) is 1.80. The number of nitrogens with one attached hydrogen (secondary N) is 1. The molecule has 0 saturated heterocycles. The summed E-state index contributed by atoms with van der Waals surface area (Å²) in [6, 6.07) is 7.73. The molecule has 0 aliphatic rings. The molecule has 132 valence electrons. The van der Waals surface area contributed by atoms with Gasteiger partial charge in [0.1, 0.15) is 11.3 Å². The fourth-order valence-corrected chi connectivity index (χ4v) is 3.22. The minimum Gasteiger partial charge on any atom is -0.479 e. The predicted octanol–water partition coefficient (Wildman–Crippen LogP) is 1.52. The zero-order chi connectivity index (χ0) is 18.1. The molecule has 4 aromatic heterocycles. The van der Waals surface area contributed by atoms with Gasteiger partial charge in [-0.05, 0) is 23.6 Å². The highest BCUT2D eigenvalue weighted by molar-refractivity contribution is 7.13. The Morgan fingerprint density at radius 2 is 2.15 bits per heavy atom. The molecule has 0 aliphatic heterocycles. The first-order valence-corrected chi connectivity index (χ1v) is 8.64. The topological polar surface area (TPSA) is 99.2 Å². The van der Waals surface area contributed by atoms with Crippen molar-refractivity contribution in [2.75, 3.05) is 7.11 Å². The summed E-state index contributed by atoms with van der Waals surface area (Å²) in [6.45, 7) is 0.180. The quantitative estimate of drug-likeness (QED) is 0.573. The minimum atomic E-state index is -0.305. The third kappa shape index (κ3) is 2.90. The molecule has 0 radical (unpaired) electrons. The van der Waals surface area contributed by atoms with Gasteiger partial charge in [0, 0.05) is 13.2 Å². The maximum absolute atomic E-state index is 12.4. The van der Waals surface area contributed by atoms with Gasteiger partial charge >= 0.3 is 0 Å². The molecule has 26 heavy (non-hydrogen) atoms. The number of hydrogen-bond donors (Lipinski definition) is 1. The Hall–Kier alpha value is -3.27. The summed E-state index contributed by atoms with van der Waals surface area (Å²) >= 11 is 1.61. The number of rotatable bonds is 5. The van der Waals surface area contributed by atoms with Crippen LogP contribution in [-0.2, 0) is 13.6 Å². The van der Waals surface area contributed by atoms with Crippen LogP contribution in [0.3, 0.4) is 0 Å². The van der Waals surface area contributed by atoms with E-state index in [1.807, 2.05) is 29.6 Å². The Morgan fingerprint density at radius 3 is 2.92 bits per heavy atom. The number of nitrogens with zero attached hydrogens (tertiary/aromatic N) is 6. The van der Waals surface area contributed by atoms with E-state index in [1.54, 1.807) is 29.1 Å². The van der Waals surface area contributed by atoms with Crippen molar-refractivity contribution in [1.29, 1.82) is 0 Å². The summed E-state index contributed by atoms with van der Waals surface area (Å²) < 4.78 is 8.27. The van der Waals surface area contributed by atoms with Crippen molar-refractivity contribution in [2.24, 2.45) is 7.05 Å². The van der Waals surface area contributed by atoms with Crippen LogP contribution in [0.5, 0.6) is 5.88 Å². The van der Waals surface area contributed by atoms with Crippen LogP contribution in [0.2, 0.25) is 0 Å². The summed E-state index contributed by atoms with van der Waals surface area (Å²) in [7, 11) is 3.20. The Bertz CT molecular complexity index is 1070. The molecule has 4 rings (SSSR count). The number of thiophene rings is 1. The molecule has 1 N–H and O–H groups in total. The van der Waals surface area contributed by atoms with Crippen molar-refractivity contribution >= 4 is 22.9 Å². The van der Waals surface area contributed by atoms with Crippen LogP contribution in [0.1, 0.15) is 16.2 Å². The second kappa shape index (κ2) is 6.56. The van der Waals surface area contributed by atoms with Gasteiger partial charge in [0.2, 0.25) is 5.88 Å². The molecule has 0 aromatic carbocycles. The monoisotopic (exact) mass is 369 g/mol. The van der Waals surface area contributed by atoms with Crippen molar-refractivity contribution in [3.8, 4) is 16.5 Å². The van der Waals surface area contributed by atoms with Gasteiger partial charge < -0.3 is 10.1 Å². The van der Waals surface area contributed by atoms with Gasteiger partial charge in [-0.1, -0.05) is 6.07 Å². The lowest BCUT2D eigenvalue weighted by Crippen LogP contribution is -2.24. The molecule has 0 atom stereocenters. The normalized spacial score (nSPS) is 11.0. The maximum Gasteiger partial charge on any atom is 0.258 e. The third-order valence-corrected chi connectivity index (χ3v) is 4.63. The number of amides is 1. The second-order valence-corrected chi connectivity index (χ2v) is 6.44. The minimum absolute atomic E-state index is 0.180. The molecule has 0 saturated carbocycles. The Labute approximate surface area is 152 Å².